The second-order valence-electron chi connectivity index (χ2n) is 4.36. The van der Waals surface area contributed by atoms with Crippen LogP contribution in [0.25, 0.3) is 11.3 Å². The number of imidazole rings is 2. The number of rotatable bonds is 0. The Hall–Kier alpha value is -1.70. The van der Waals surface area contributed by atoms with E-state index in [1.54, 1.807) is 46.0 Å². The monoisotopic (exact) mass is 398 g/mol. The van der Waals surface area contributed by atoms with Crippen molar-refractivity contribution in [3.8, 4) is 0 Å². The van der Waals surface area contributed by atoms with E-state index in [1.807, 2.05) is 6.92 Å². The summed E-state index contributed by atoms with van der Waals surface area (Å²) in [4.78, 5) is 8.16. The average Bonchev–Trinajstić information content (AvgIpc) is 3.07. The zero-order chi connectivity index (χ0) is 15.7. The zero-order valence-corrected chi connectivity index (χ0v) is 14.4. The number of fused-ring (bicyclic) bond motifs is 2. The third kappa shape index (κ3) is 3.06. The van der Waals surface area contributed by atoms with Crippen molar-refractivity contribution in [3.63, 3.8) is 0 Å². The van der Waals surface area contributed by atoms with E-state index < -0.39 is 0 Å². The Kier molecular flexibility index (Phi) is 4.28. The summed E-state index contributed by atoms with van der Waals surface area (Å²) in [6.45, 7) is 1.95. The van der Waals surface area contributed by atoms with Gasteiger partial charge in [0.15, 0.2) is 16.4 Å². The van der Waals surface area contributed by atoms with Crippen LogP contribution in [0, 0.1) is 6.92 Å². The highest BCUT2D eigenvalue weighted by molar-refractivity contribution is 9.10. The van der Waals surface area contributed by atoms with E-state index in [1.165, 1.54) is 0 Å². The first-order valence-electron chi connectivity index (χ1n) is 6.16. The van der Waals surface area contributed by atoms with Crippen molar-refractivity contribution >= 4 is 50.4 Å². The van der Waals surface area contributed by atoms with Crippen LogP contribution in [-0.2, 0) is 0 Å². The van der Waals surface area contributed by atoms with Gasteiger partial charge in [-0.2, -0.15) is 10.2 Å². The van der Waals surface area contributed by atoms with Crippen LogP contribution in [0.15, 0.2) is 41.4 Å². The van der Waals surface area contributed by atoms with Crippen molar-refractivity contribution in [2.75, 3.05) is 0 Å². The standard InChI is InChI=1S/C7H6ClN3.C6H3BrClN3/c1-5-4-6(8)10-11-3-2-9-7(5)11;7-4-3-5(8)10-11-2-1-9-6(4)11/h2-4H,1H3;1-3H. The Morgan fingerprint density at radius 3 is 2.14 bits per heavy atom. The molecule has 0 atom stereocenters. The maximum Gasteiger partial charge on any atom is 0.167 e. The molecule has 9 heteroatoms. The van der Waals surface area contributed by atoms with E-state index in [-0.39, 0.29) is 0 Å². The lowest BCUT2D eigenvalue weighted by atomic mass is 10.3. The minimum absolute atomic E-state index is 0.447. The van der Waals surface area contributed by atoms with Gasteiger partial charge < -0.3 is 0 Å². The molecule has 0 saturated heterocycles. The Morgan fingerprint density at radius 2 is 1.45 bits per heavy atom. The summed E-state index contributed by atoms with van der Waals surface area (Å²) in [5, 5.41) is 8.94. The van der Waals surface area contributed by atoms with Gasteiger partial charge in [-0.05, 0) is 40.5 Å². The fraction of sp³-hybridized carbons (Fsp3) is 0.0769. The molecular formula is C13H9BrCl2N6. The Balaban J connectivity index is 0.000000131. The number of halogens is 3. The third-order valence-electron chi connectivity index (χ3n) is 2.80. The Bertz CT molecular complexity index is 870. The lowest BCUT2D eigenvalue weighted by molar-refractivity contribution is 0.928. The summed E-state index contributed by atoms with van der Waals surface area (Å²) in [5.41, 5.74) is 2.67. The van der Waals surface area contributed by atoms with Gasteiger partial charge >= 0.3 is 0 Å². The molecule has 22 heavy (non-hydrogen) atoms. The lowest BCUT2D eigenvalue weighted by Crippen LogP contribution is -1.92. The maximum absolute atomic E-state index is 5.72. The number of aromatic nitrogens is 6. The zero-order valence-electron chi connectivity index (χ0n) is 11.3. The highest BCUT2D eigenvalue weighted by Gasteiger charge is 2.01. The second-order valence-corrected chi connectivity index (χ2v) is 5.98. The van der Waals surface area contributed by atoms with Crippen LogP contribution in [0.5, 0.6) is 0 Å². The molecule has 112 valence electrons. The second kappa shape index (κ2) is 6.20. The van der Waals surface area contributed by atoms with Gasteiger partial charge in [-0.1, -0.05) is 23.2 Å². The van der Waals surface area contributed by atoms with Crippen LogP contribution < -0.4 is 0 Å². The largest absolute Gasteiger partial charge is 0.235 e. The number of nitrogens with zero attached hydrogens (tertiary/aromatic N) is 6. The van der Waals surface area contributed by atoms with Gasteiger partial charge in [0.25, 0.3) is 0 Å². The van der Waals surface area contributed by atoms with Crippen LogP contribution in [0.2, 0.25) is 10.3 Å². The van der Waals surface area contributed by atoms with Gasteiger partial charge in [0, 0.05) is 24.8 Å². The highest BCUT2D eigenvalue weighted by Crippen LogP contribution is 2.18. The quantitative estimate of drug-likeness (QED) is 0.450. The molecule has 0 aromatic carbocycles. The predicted molar refractivity (Wildman–Crippen MR) is 88.4 cm³/mol. The molecule has 6 nitrogen and oxygen atoms in total. The van der Waals surface area contributed by atoms with Crippen molar-refractivity contribution in [2.45, 2.75) is 6.92 Å². The van der Waals surface area contributed by atoms with Crippen molar-refractivity contribution in [2.24, 2.45) is 0 Å². The smallest absolute Gasteiger partial charge is 0.167 e. The molecule has 0 aliphatic carbocycles. The van der Waals surface area contributed by atoms with Crippen molar-refractivity contribution < 1.29 is 0 Å². The summed E-state index contributed by atoms with van der Waals surface area (Å²) in [6.07, 6.45) is 6.88. The van der Waals surface area contributed by atoms with Gasteiger partial charge in [0.05, 0.1) is 4.47 Å². The van der Waals surface area contributed by atoms with Gasteiger partial charge in [-0.25, -0.2) is 19.0 Å². The van der Waals surface area contributed by atoms with Crippen molar-refractivity contribution in [3.05, 3.63) is 57.3 Å². The molecular weight excluding hydrogens is 391 g/mol. The number of aryl methyl sites for hydroxylation is 1. The van der Waals surface area contributed by atoms with Crippen LogP contribution >= 0.6 is 39.1 Å². The molecule has 0 unspecified atom stereocenters. The van der Waals surface area contributed by atoms with E-state index in [9.17, 15) is 0 Å². The van der Waals surface area contributed by atoms with E-state index in [4.69, 9.17) is 23.2 Å². The molecule has 0 aliphatic rings. The molecule has 4 heterocycles. The summed E-state index contributed by atoms with van der Waals surface area (Å²) in [6, 6.07) is 3.51. The van der Waals surface area contributed by atoms with Gasteiger partial charge in [-0.15, -0.1) is 0 Å². The Labute approximate surface area is 143 Å². The van der Waals surface area contributed by atoms with Crippen LogP contribution in [-0.4, -0.2) is 29.2 Å². The van der Waals surface area contributed by atoms with E-state index in [0.717, 1.165) is 21.3 Å². The fourth-order valence-corrected chi connectivity index (χ4v) is 2.95. The minimum Gasteiger partial charge on any atom is -0.235 e. The maximum atomic E-state index is 5.72. The van der Waals surface area contributed by atoms with E-state index >= 15 is 0 Å². The molecule has 0 saturated carbocycles. The molecule has 4 aromatic heterocycles. The van der Waals surface area contributed by atoms with Gasteiger partial charge in [0.1, 0.15) is 5.15 Å². The lowest BCUT2D eigenvalue weighted by Gasteiger charge is -1.96. The molecule has 4 rings (SSSR count). The number of hydrogen-bond acceptors (Lipinski definition) is 4. The average molecular weight is 400 g/mol. The van der Waals surface area contributed by atoms with Crippen LogP contribution in [0.4, 0.5) is 0 Å². The number of hydrogen-bond donors (Lipinski definition) is 0. The molecule has 0 bridgehead atoms. The van der Waals surface area contributed by atoms with Crippen molar-refractivity contribution in [1.82, 2.24) is 29.2 Å². The van der Waals surface area contributed by atoms with Crippen molar-refractivity contribution in [1.29, 1.82) is 0 Å². The molecule has 0 radical (unpaired) electrons. The molecule has 0 spiro atoms. The fourth-order valence-electron chi connectivity index (χ4n) is 1.88. The van der Waals surface area contributed by atoms with Crippen LogP contribution in [0.3, 0.4) is 0 Å². The summed E-state index contributed by atoms with van der Waals surface area (Å²) in [5.74, 6) is 0. The molecule has 4 aromatic rings. The summed E-state index contributed by atoms with van der Waals surface area (Å²) >= 11 is 14.7. The van der Waals surface area contributed by atoms with Gasteiger partial charge in [-0.3, -0.25) is 0 Å². The molecule has 0 fully saturated rings. The van der Waals surface area contributed by atoms with E-state index in [0.29, 0.717) is 10.3 Å². The minimum atomic E-state index is 0.447. The first-order chi connectivity index (χ1) is 10.5. The highest BCUT2D eigenvalue weighted by atomic mass is 79.9. The summed E-state index contributed by atoms with van der Waals surface area (Å²) in [7, 11) is 0. The third-order valence-corrected chi connectivity index (χ3v) is 3.75. The molecule has 0 aliphatic heterocycles. The normalized spacial score (nSPS) is 10.7. The Morgan fingerprint density at radius 1 is 0.909 bits per heavy atom. The van der Waals surface area contributed by atoms with Gasteiger partial charge in [0.2, 0.25) is 0 Å². The summed E-state index contributed by atoms with van der Waals surface area (Å²) < 4.78 is 4.13. The SMILES string of the molecule is Cc1cc(Cl)nn2ccnc12.Clc1cc(Br)c2nccn2n1. The topological polar surface area (TPSA) is 60.4 Å². The predicted octanol–water partition coefficient (Wildman–Crippen LogP) is 3.84. The van der Waals surface area contributed by atoms with E-state index in [2.05, 4.69) is 36.1 Å². The first-order valence-corrected chi connectivity index (χ1v) is 7.71. The van der Waals surface area contributed by atoms with Crippen LogP contribution in [0.1, 0.15) is 5.56 Å². The molecule has 0 amide bonds. The molecule has 0 N–H and O–H groups in total. The first kappa shape index (κ1) is 15.2.